The highest BCUT2D eigenvalue weighted by Gasteiger charge is 2.18. The van der Waals surface area contributed by atoms with Gasteiger partial charge in [-0.25, -0.2) is 24.7 Å². The van der Waals surface area contributed by atoms with E-state index in [0.717, 1.165) is 0 Å². The molecule has 0 aliphatic carbocycles. The standard InChI is InChI=1S/C16H13Br2N7O/c1-9(24-16(26)25-11-8-23-12(18)7-10(11)17)13-14(20-6-5-19-13)15-21-3-2-4-22-15/h2-9H,1H3,(H2,24,25,26). The second kappa shape index (κ2) is 8.28. The lowest BCUT2D eigenvalue weighted by atomic mass is 10.1. The highest BCUT2D eigenvalue weighted by atomic mass is 79.9. The first kappa shape index (κ1) is 18.3. The fraction of sp³-hybridized carbons (Fsp3) is 0.125. The van der Waals surface area contributed by atoms with Crippen LogP contribution in [0.3, 0.4) is 0 Å². The minimum atomic E-state index is -0.412. The normalized spacial score (nSPS) is 11.7. The summed E-state index contributed by atoms with van der Waals surface area (Å²) in [7, 11) is 0. The number of halogens is 2. The molecule has 0 saturated carbocycles. The third-order valence-electron chi connectivity index (χ3n) is 3.33. The first-order valence-electron chi connectivity index (χ1n) is 7.51. The monoisotopic (exact) mass is 477 g/mol. The maximum Gasteiger partial charge on any atom is 0.319 e. The molecule has 26 heavy (non-hydrogen) atoms. The van der Waals surface area contributed by atoms with Crippen LogP contribution in [0.2, 0.25) is 0 Å². The number of rotatable bonds is 4. The zero-order valence-corrected chi connectivity index (χ0v) is 16.7. The van der Waals surface area contributed by atoms with Crippen molar-refractivity contribution in [3.05, 3.63) is 57.9 Å². The van der Waals surface area contributed by atoms with Crippen molar-refractivity contribution >= 4 is 43.6 Å². The largest absolute Gasteiger partial charge is 0.330 e. The Kier molecular flexibility index (Phi) is 5.84. The van der Waals surface area contributed by atoms with Crippen LogP contribution in [0, 0.1) is 0 Å². The number of nitrogens with one attached hydrogen (secondary N) is 2. The third-order valence-corrected chi connectivity index (χ3v) is 4.42. The summed E-state index contributed by atoms with van der Waals surface area (Å²) < 4.78 is 1.37. The minimum Gasteiger partial charge on any atom is -0.330 e. The molecule has 1 atom stereocenters. The third kappa shape index (κ3) is 4.38. The summed E-state index contributed by atoms with van der Waals surface area (Å²) in [5.41, 5.74) is 1.64. The van der Waals surface area contributed by atoms with Crippen LogP contribution in [0.1, 0.15) is 18.7 Å². The van der Waals surface area contributed by atoms with Crippen LogP contribution >= 0.6 is 31.9 Å². The second-order valence-corrected chi connectivity index (χ2v) is 6.84. The molecule has 0 saturated heterocycles. The van der Waals surface area contributed by atoms with E-state index in [-0.39, 0.29) is 0 Å². The van der Waals surface area contributed by atoms with Crippen LogP contribution in [0.5, 0.6) is 0 Å². The van der Waals surface area contributed by atoms with Gasteiger partial charge in [-0.2, -0.15) is 0 Å². The van der Waals surface area contributed by atoms with Crippen molar-refractivity contribution in [2.75, 3.05) is 5.32 Å². The maximum atomic E-state index is 12.3. The van der Waals surface area contributed by atoms with Gasteiger partial charge in [0.2, 0.25) is 0 Å². The maximum absolute atomic E-state index is 12.3. The molecule has 0 fully saturated rings. The van der Waals surface area contributed by atoms with Crippen LogP contribution in [0.4, 0.5) is 10.5 Å². The lowest BCUT2D eigenvalue weighted by Crippen LogP contribution is -2.32. The van der Waals surface area contributed by atoms with Crippen molar-refractivity contribution in [1.82, 2.24) is 30.2 Å². The van der Waals surface area contributed by atoms with Gasteiger partial charge in [0, 0.05) is 29.3 Å². The molecule has 132 valence electrons. The van der Waals surface area contributed by atoms with Crippen LogP contribution in [-0.4, -0.2) is 31.0 Å². The van der Waals surface area contributed by atoms with E-state index in [1.807, 2.05) is 6.92 Å². The summed E-state index contributed by atoms with van der Waals surface area (Å²) in [5.74, 6) is 0.449. The zero-order chi connectivity index (χ0) is 18.5. The Labute approximate surface area is 166 Å². The number of hydrogen-bond acceptors (Lipinski definition) is 6. The van der Waals surface area contributed by atoms with Crippen molar-refractivity contribution in [3.8, 4) is 11.5 Å². The van der Waals surface area contributed by atoms with E-state index in [9.17, 15) is 4.79 Å². The highest BCUT2D eigenvalue weighted by Crippen LogP contribution is 2.25. The Morgan fingerprint density at radius 2 is 1.77 bits per heavy atom. The molecule has 0 radical (unpaired) electrons. The molecule has 0 aromatic carbocycles. The first-order chi connectivity index (χ1) is 12.5. The van der Waals surface area contributed by atoms with Crippen molar-refractivity contribution in [2.24, 2.45) is 0 Å². The Bertz CT molecular complexity index is 923. The van der Waals surface area contributed by atoms with Gasteiger partial charge in [0.15, 0.2) is 5.82 Å². The van der Waals surface area contributed by atoms with Gasteiger partial charge in [0.25, 0.3) is 0 Å². The summed E-state index contributed by atoms with van der Waals surface area (Å²) in [6.07, 6.45) is 7.93. The Hall–Kier alpha value is -2.46. The Morgan fingerprint density at radius 1 is 1.04 bits per heavy atom. The fourth-order valence-corrected chi connectivity index (χ4v) is 3.24. The van der Waals surface area contributed by atoms with E-state index in [0.29, 0.717) is 32.0 Å². The molecule has 2 N–H and O–H groups in total. The number of carbonyl (C=O) groups excluding carboxylic acids is 1. The molecule has 0 bridgehead atoms. The van der Waals surface area contributed by atoms with E-state index in [2.05, 4.69) is 67.4 Å². The molecule has 8 nitrogen and oxygen atoms in total. The van der Waals surface area contributed by atoms with Crippen molar-refractivity contribution in [1.29, 1.82) is 0 Å². The predicted octanol–water partition coefficient (Wildman–Crippen LogP) is 3.74. The number of urea groups is 1. The molecule has 3 heterocycles. The van der Waals surface area contributed by atoms with Crippen molar-refractivity contribution in [2.45, 2.75) is 13.0 Å². The summed E-state index contributed by atoms with van der Waals surface area (Å²) >= 11 is 6.64. The summed E-state index contributed by atoms with van der Waals surface area (Å²) in [6.45, 7) is 1.81. The van der Waals surface area contributed by atoms with Gasteiger partial charge >= 0.3 is 6.03 Å². The summed E-state index contributed by atoms with van der Waals surface area (Å²) in [4.78, 5) is 33.4. The molecule has 10 heteroatoms. The minimum absolute atomic E-state index is 0.395. The number of hydrogen-bond donors (Lipinski definition) is 2. The number of anilines is 1. The SMILES string of the molecule is CC(NC(=O)Nc1cnc(Br)cc1Br)c1nccnc1-c1ncccn1. The van der Waals surface area contributed by atoms with Crippen LogP contribution in [0.15, 0.2) is 52.2 Å². The molecule has 3 rings (SSSR count). The quantitative estimate of drug-likeness (QED) is 0.553. The van der Waals surface area contributed by atoms with E-state index < -0.39 is 12.1 Å². The lowest BCUT2D eigenvalue weighted by molar-refractivity contribution is 0.249. The van der Waals surface area contributed by atoms with Crippen LogP contribution in [0.25, 0.3) is 11.5 Å². The van der Waals surface area contributed by atoms with Gasteiger partial charge in [0.05, 0.1) is 23.6 Å². The molecule has 1 unspecified atom stereocenters. The van der Waals surface area contributed by atoms with Gasteiger partial charge in [-0.1, -0.05) is 0 Å². The van der Waals surface area contributed by atoms with Gasteiger partial charge in [-0.15, -0.1) is 0 Å². The molecule has 3 aromatic heterocycles. The molecule has 0 aliphatic heterocycles. The van der Waals surface area contributed by atoms with Gasteiger partial charge in [0.1, 0.15) is 10.3 Å². The van der Waals surface area contributed by atoms with Crippen molar-refractivity contribution < 1.29 is 4.79 Å². The molecule has 3 aromatic rings. The average Bonchev–Trinajstić information content (AvgIpc) is 2.65. The molecule has 2 amide bonds. The van der Waals surface area contributed by atoms with E-state index >= 15 is 0 Å². The Morgan fingerprint density at radius 3 is 2.50 bits per heavy atom. The van der Waals surface area contributed by atoms with Gasteiger partial charge in [-0.05, 0) is 50.9 Å². The zero-order valence-electron chi connectivity index (χ0n) is 13.5. The number of aromatic nitrogens is 5. The van der Waals surface area contributed by atoms with Crippen LogP contribution in [-0.2, 0) is 0 Å². The molecular weight excluding hydrogens is 466 g/mol. The topological polar surface area (TPSA) is 106 Å². The second-order valence-electron chi connectivity index (χ2n) is 5.17. The number of carbonyl (C=O) groups is 1. The number of pyridine rings is 1. The summed E-state index contributed by atoms with van der Waals surface area (Å²) in [5, 5.41) is 5.57. The number of amides is 2. The number of nitrogens with zero attached hydrogens (tertiary/aromatic N) is 5. The first-order valence-corrected chi connectivity index (χ1v) is 9.10. The average molecular weight is 479 g/mol. The van der Waals surface area contributed by atoms with Crippen molar-refractivity contribution in [3.63, 3.8) is 0 Å². The Balaban J connectivity index is 1.76. The lowest BCUT2D eigenvalue weighted by Gasteiger charge is -2.16. The smallest absolute Gasteiger partial charge is 0.319 e. The molecule has 0 spiro atoms. The molecule has 0 aliphatic rings. The highest BCUT2D eigenvalue weighted by molar-refractivity contribution is 9.11. The molecular formula is C16H13Br2N7O. The van der Waals surface area contributed by atoms with E-state index in [1.54, 1.807) is 43.1 Å². The summed E-state index contributed by atoms with van der Waals surface area (Å²) in [6, 6.07) is 2.66. The fourth-order valence-electron chi connectivity index (χ4n) is 2.18. The van der Waals surface area contributed by atoms with Gasteiger partial charge < -0.3 is 10.6 Å². The van der Waals surface area contributed by atoms with E-state index in [4.69, 9.17) is 0 Å². The predicted molar refractivity (Wildman–Crippen MR) is 103 cm³/mol. The van der Waals surface area contributed by atoms with Gasteiger partial charge in [-0.3, -0.25) is 4.98 Å². The van der Waals surface area contributed by atoms with E-state index in [1.165, 1.54) is 0 Å². The van der Waals surface area contributed by atoms with Crippen LogP contribution < -0.4 is 10.6 Å².